The standard InChI is InChI=1S/C17H20N4O4/c1-2-20-7-8-21(17(23)16(20)22)6-5-14-18-15(25-19-14)12-10-11(12)13-4-3-9-24-13/h3-4,9,11-12H,2,5-8,10H2,1H3. The van der Waals surface area contributed by atoms with E-state index in [9.17, 15) is 9.59 Å². The van der Waals surface area contributed by atoms with Crippen molar-refractivity contribution in [2.75, 3.05) is 26.2 Å². The first kappa shape index (κ1) is 15.9. The molecule has 2 atom stereocenters. The highest BCUT2D eigenvalue weighted by molar-refractivity contribution is 6.35. The van der Waals surface area contributed by atoms with Crippen LogP contribution in [-0.4, -0.2) is 57.9 Å². The predicted molar refractivity (Wildman–Crippen MR) is 85.6 cm³/mol. The van der Waals surface area contributed by atoms with Gasteiger partial charge in [-0.2, -0.15) is 4.98 Å². The molecular weight excluding hydrogens is 324 g/mol. The van der Waals surface area contributed by atoms with Gasteiger partial charge in [0.05, 0.1) is 6.26 Å². The van der Waals surface area contributed by atoms with E-state index >= 15 is 0 Å². The Labute approximate surface area is 144 Å². The molecular formula is C17H20N4O4. The second-order valence-corrected chi connectivity index (χ2v) is 6.44. The molecule has 1 aliphatic heterocycles. The number of hydrogen-bond donors (Lipinski definition) is 0. The van der Waals surface area contributed by atoms with E-state index in [1.165, 1.54) is 0 Å². The average molecular weight is 344 g/mol. The summed E-state index contributed by atoms with van der Waals surface area (Å²) in [6.45, 7) is 3.98. The number of aromatic nitrogens is 2. The minimum atomic E-state index is -0.447. The van der Waals surface area contributed by atoms with Crippen molar-refractivity contribution in [3.8, 4) is 0 Å². The molecule has 132 valence electrons. The highest BCUT2D eigenvalue weighted by atomic mass is 16.5. The number of carbonyl (C=O) groups is 2. The first-order valence-corrected chi connectivity index (χ1v) is 8.61. The van der Waals surface area contributed by atoms with Gasteiger partial charge in [0.2, 0.25) is 5.89 Å². The fraction of sp³-hybridized carbons (Fsp3) is 0.529. The molecule has 1 saturated heterocycles. The van der Waals surface area contributed by atoms with Gasteiger partial charge in [0.15, 0.2) is 5.82 Å². The van der Waals surface area contributed by atoms with E-state index in [-0.39, 0.29) is 5.92 Å². The van der Waals surface area contributed by atoms with Gasteiger partial charge >= 0.3 is 11.8 Å². The lowest BCUT2D eigenvalue weighted by molar-refractivity contribution is -0.155. The molecule has 2 aliphatic rings. The number of furan rings is 1. The molecule has 1 saturated carbocycles. The monoisotopic (exact) mass is 344 g/mol. The SMILES string of the molecule is CCN1CCN(CCc2noc(C3CC3c3ccco3)n2)C(=O)C1=O. The highest BCUT2D eigenvalue weighted by Gasteiger charge is 2.45. The second kappa shape index (κ2) is 6.34. The molecule has 8 heteroatoms. The summed E-state index contributed by atoms with van der Waals surface area (Å²) in [5.41, 5.74) is 0. The lowest BCUT2D eigenvalue weighted by Crippen LogP contribution is -2.54. The van der Waals surface area contributed by atoms with Gasteiger partial charge in [0, 0.05) is 44.4 Å². The number of carbonyl (C=O) groups excluding carboxylic acids is 2. The van der Waals surface area contributed by atoms with Crippen LogP contribution in [0.3, 0.4) is 0 Å². The third kappa shape index (κ3) is 3.04. The van der Waals surface area contributed by atoms with Crippen molar-refractivity contribution in [1.82, 2.24) is 19.9 Å². The van der Waals surface area contributed by atoms with Crippen molar-refractivity contribution in [2.45, 2.75) is 31.6 Å². The maximum Gasteiger partial charge on any atom is 0.312 e. The van der Waals surface area contributed by atoms with E-state index in [1.807, 2.05) is 19.1 Å². The summed E-state index contributed by atoms with van der Waals surface area (Å²) in [7, 11) is 0. The zero-order chi connectivity index (χ0) is 17.4. The van der Waals surface area contributed by atoms with Gasteiger partial charge in [-0.1, -0.05) is 5.16 Å². The lowest BCUT2D eigenvalue weighted by atomic mass is 10.2. The summed E-state index contributed by atoms with van der Waals surface area (Å²) >= 11 is 0. The van der Waals surface area contributed by atoms with Crippen LogP contribution in [0.5, 0.6) is 0 Å². The van der Waals surface area contributed by atoms with Crippen LogP contribution in [0.4, 0.5) is 0 Å². The third-order valence-corrected chi connectivity index (χ3v) is 4.88. The number of piperazine rings is 1. The van der Waals surface area contributed by atoms with Crippen LogP contribution in [0.25, 0.3) is 0 Å². The molecule has 4 rings (SSSR count). The molecule has 1 aliphatic carbocycles. The molecule has 25 heavy (non-hydrogen) atoms. The normalized spacial score (nSPS) is 23.4. The van der Waals surface area contributed by atoms with E-state index in [2.05, 4.69) is 10.1 Å². The van der Waals surface area contributed by atoms with Gasteiger partial charge < -0.3 is 18.7 Å². The molecule has 0 bridgehead atoms. The van der Waals surface area contributed by atoms with Gasteiger partial charge in [-0.15, -0.1) is 0 Å². The Hall–Kier alpha value is -2.64. The molecule has 0 N–H and O–H groups in total. The van der Waals surface area contributed by atoms with Crippen LogP contribution >= 0.6 is 0 Å². The third-order valence-electron chi connectivity index (χ3n) is 4.88. The Morgan fingerprint density at radius 3 is 2.76 bits per heavy atom. The van der Waals surface area contributed by atoms with Crippen LogP contribution in [0.2, 0.25) is 0 Å². The lowest BCUT2D eigenvalue weighted by Gasteiger charge is -2.32. The summed E-state index contributed by atoms with van der Waals surface area (Å²) in [6.07, 6.45) is 3.09. The number of nitrogens with zero attached hydrogens (tertiary/aromatic N) is 4. The van der Waals surface area contributed by atoms with E-state index in [0.29, 0.717) is 50.2 Å². The van der Waals surface area contributed by atoms with Gasteiger partial charge in [-0.3, -0.25) is 9.59 Å². The molecule has 0 aromatic carbocycles. The van der Waals surface area contributed by atoms with Gasteiger partial charge in [0.1, 0.15) is 5.76 Å². The molecule has 2 aromatic rings. The first-order valence-electron chi connectivity index (χ1n) is 8.61. The highest BCUT2D eigenvalue weighted by Crippen LogP contribution is 2.54. The minimum Gasteiger partial charge on any atom is -0.469 e. The number of hydrogen-bond acceptors (Lipinski definition) is 6. The quantitative estimate of drug-likeness (QED) is 0.730. The van der Waals surface area contributed by atoms with E-state index in [1.54, 1.807) is 16.1 Å². The van der Waals surface area contributed by atoms with Crippen LogP contribution < -0.4 is 0 Å². The average Bonchev–Trinajstić information content (AvgIpc) is 3.03. The minimum absolute atomic E-state index is 0.212. The van der Waals surface area contributed by atoms with Crippen LogP contribution in [0.15, 0.2) is 27.3 Å². The van der Waals surface area contributed by atoms with Crippen molar-refractivity contribution in [1.29, 1.82) is 0 Å². The topological polar surface area (TPSA) is 92.7 Å². The summed E-state index contributed by atoms with van der Waals surface area (Å²) < 4.78 is 10.8. The van der Waals surface area contributed by atoms with Gasteiger partial charge in [-0.25, -0.2) is 0 Å². The van der Waals surface area contributed by atoms with Crippen LogP contribution in [0, 0.1) is 0 Å². The van der Waals surface area contributed by atoms with Gasteiger partial charge in [-0.05, 0) is 25.5 Å². The zero-order valence-corrected chi connectivity index (χ0v) is 14.1. The molecule has 2 unspecified atom stereocenters. The Bertz CT molecular complexity index is 769. The molecule has 2 aromatic heterocycles. The number of amides is 2. The first-order chi connectivity index (χ1) is 12.2. The molecule has 2 amide bonds. The summed E-state index contributed by atoms with van der Waals surface area (Å²) in [6, 6.07) is 3.83. The largest absolute Gasteiger partial charge is 0.469 e. The van der Waals surface area contributed by atoms with Crippen LogP contribution in [0.1, 0.15) is 42.7 Å². The maximum atomic E-state index is 12.1. The Morgan fingerprint density at radius 1 is 1.20 bits per heavy atom. The number of likely N-dealkylation sites (N-methyl/N-ethyl adjacent to an activating group) is 1. The van der Waals surface area contributed by atoms with Crippen molar-refractivity contribution < 1.29 is 18.5 Å². The fourth-order valence-electron chi connectivity index (χ4n) is 3.27. The summed E-state index contributed by atoms with van der Waals surface area (Å²) in [4.78, 5) is 31.5. The molecule has 0 radical (unpaired) electrons. The molecule has 0 spiro atoms. The Morgan fingerprint density at radius 2 is 2.00 bits per heavy atom. The number of rotatable bonds is 6. The fourth-order valence-corrected chi connectivity index (χ4v) is 3.27. The molecule has 3 heterocycles. The van der Waals surface area contributed by atoms with Crippen LogP contribution in [-0.2, 0) is 16.0 Å². The second-order valence-electron chi connectivity index (χ2n) is 6.44. The zero-order valence-electron chi connectivity index (χ0n) is 14.1. The Balaban J connectivity index is 1.32. The van der Waals surface area contributed by atoms with Crippen molar-refractivity contribution in [3.63, 3.8) is 0 Å². The van der Waals surface area contributed by atoms with Crippen molar-refractivity contribution in [3.05, 3.63) is 35.9 Å². The van der Waals surface area contributed by atoms with Crippen molar-refractivity contribution in [2.24, 2.45) is 0 Å². The van der Waals surface area contributed by atoms with E-state index in [0.717, 1.165) is 12.2 Å². The van der Waals surface area contributed by atoms with E-state index < -0.39 is 11.8 Å². The maximum absolute atomic E-state index is 12.1. The molecule has 8 nitrogen and oxygen atoms in total. The predicted octanol–water partition coefficient (Wildman–Crippen LogP) is 1.17. The summed E-state index contributed by atoms with van der Waals surface area (Å²) in [5, 5.41) is 4.00. The smallest absolute Gasteiger partial charge is 0.312 e. The molecule has 2 fully saturated rings. The van der Waals surface area contributed by atoms with Crippen molar-refractivity contribution >= 4 is 11.8 Å². The Kier molecular flexibility index (Phi) is 4.03. The summed E-state index contributed by atoms with van der Waals surface area (Å²) in [5.74, 6) is 1.78. The van der Waals surface area contributed by atoms with Gasteiger partial charge in [0.25, 0.3) is 0 Å². The van der Waals surface area contributed by atoms with E-state index in [4.69, 9.17) is 8.94 Å².